The molecule has 0 bridgehead atoms. The second kappa shape index (κ2) is 11.6. The van der Waals surface area contributed by atoms with Gasteiger partial charge in [0.15, 0.2) is 0 Å². The van der Waals surface area contributed by atoms with E-state index in [4.69, 9.17) is 25.3 Å². The minimum Gasteiger partial charge on any atom is -0.494 e. The summed E-state index contributed by atoms with van der Waals surface area (Å²) in [6.45, 7) is 5.31. The summed E-state index contributed by atoms with van der Waals surface area (Å²) in [7, 11) is 0. The molecule has 35 heavy (non-hydrogen) atoms. The van der Waals surface area contributed by atoms with Crippen molar-refractivity contribution in [2.24, 2.45) is 0 Å². The van der Waals surface area contributed by atoms with E-state index in [1.54, 1.807) is 17.0 Å². The van der Waals surface area contributed by atoms with E-state index in [1.807, 2.05) is 50.2 Å². The van der Waals surface area contributed by atoms with E-state index in [1.165, 1.54) is 0 Å². The van der Waals surface area contributed by atoms with Crippen LogP contribution in [0.4, 0.5) is 0 Å². The molecule has 0 aliphatic rings. The van der Waals surface area contributed by atoms with E-state index in [0.29, 0.717) is 53.7 Å². The van der Waals surface area contributed by atoms with Crippen molar-refractivity contribution in [3.63, 3.8) is 0 Å². The van der Waals surface area contributed by atoms with Gasteiger partial charge in [-0.3, -0.25) is 4.79 Å². The summed E-state index contributed by atoms with van der Waals surface area (Å²) >= 11 is 6.22. The Morgan fingerprint density at radius 1 is 1.06 bits per heavy atom. The molecular weight excluding hydrogens is 470 g/mol. The predicted molar refractivity (Wildman–Crippen MR) is 130 cm³/mol. The standard InChI is InChI=1S/C25H26ClN5O4/c1-3-15-31(16-22-28-29-25(34-22)19-7-5-6-8-20(19)26)23(32)14-13-21-27-24(30-35-21)17-9-11-18(12-10-17)33-4-2/h5-12H,3-4,13-16H2,1-2H3. The van der Waals surface area contributed by atoms with Gasteiger partial charge in [-0.25, -0.2) is 0 Å². The van der Waals surface area contributed by atoms with Crippen LogP contribution in [-0.2, 0) is 17.8 Å². The van der Waals surface area contributed by atoms with Crippen molar-refractivity contribution < 1.29 is 18.5 Å². The number of carbonyl (C=O) groups is 1. The molecule has 0 unspecified atom stereocenters. The van der Waals surface area contributed by atoms with Crippen molar-refractivity contribution in [1.82, 2.24) is 25.2 Å². The Morgan fingerprint density at radius 2 is 1.86 bits per heavy atom. The number of hydrogen-bond acceptors (Lipinski definition) is 8. The summed E-state index contributed by atoms with van der Waals surface area (Å²) in [5.74, 6) is 2.25. The number of hydrogen-bond donors (Lipinski definition) is 0. The van der Waals surface area contributed by atoms with Gasteiger partial charge in [0.25, 0.3) is 0 Å². The Bertz CT molecular complexity index is 1250. The molecule has 10 heteroatoms. The lowest BCUT2D eigenvalue weighted by molar-refractivity contribution is -0.132. The van der Waals surface area contributed by atoms with E-state index in [9.17, 15) is 4.79 Å². The quantitative estimate of drug-likeness (QED) is 0.279. The highest BCUT2D eigenvalue weighted by Gasteiger charge is 2.19. The lowest BCUT2D eigenvalue weighted by Gasteiger charge is -2.19. The summed E-state index contributed by atoms with van der Waals surface area (Å²) < 4.78 is 16.6. The molecule has 4 aromatic rings. The average Bonchev–Trinajstić information content (AvgIpc) is 3.53. The number of rotatable bonds is 11. The number of amides is 1. The third kappa shape index (κ3) is 6.24. The molecule has 4 rings (SSSR count). The second-order valence-corrected chi connectivity index (χ2v) is 8.17. The first-order valence-corrected chi connectivity index (χ1v) is 11.9. The Balaban J connectivity index is 1.36. The maximum atomic E-state index is 12.9. The van der Waals surface area contributed by atoms with E-state index in [2.05, 4.69) is 20.3 Å². The smallest absolute Gasteiger partial charge is 0.249 e. The third-order valence-electron chi connectivity index (χ3n) is 5.19. The van der Waals surface area contributed by atoms with Gasteiger partial charge in [-0.15, -0.1) is 10.2 Å². The van der Waals surface area contributed by atoms with Crippen LogP contribution in [0.5, 0.6) is 5.75 Å². The van der Waals surface area contributed by atoms with Gasteiger partial charge < -0.3 is 18.6 Å². The van der Waals surface area contributed by atoms with Crippen LogP contribution in [0.3, 0.4) is 0 Å². The molecule has 0 saturated carbocycles. The van der Waals surface area contributed by atoms with Gasteiger partial charge in [0.1, 0.15) is 5.75 Å². The fourth-order valence-corrected chi connectivity index (χ4v) is 3.72. The van der Waals surface area contributed by atoms with Gasteiger partial charge in [0.05, 0.1) is 23.7 Å². The van der Waals surface area contributed by atoms with Crippen LogP contribution in [0.1, 0.15) is 38.5 Å². The number of aromatic nitrogens is 4. The number of nitrogens with zero attached hydrogens (tertiary/aromatic N) is 5. The van der Waals surface area contributed by atoms with Crippen LogP contribution in [-0.4, -0.2) is 44.3 Å². The predicted octanol–water partition coefficient (Wildman–Crippen LogP) is 5.21. The largest absolute Gasteiger partial charge is 0.494 e. The molecule has 0 N–H and O–H groups in total. The molecular formula is C25H26ClN5O4. The van der Waals surface area contributed by atoms with Crippen LogP contribution >= 0.6 is 11.6 Å². The first-order valence-electron chi connectivity index (χ1n) is 11.5. The monoisotopic (exact) mass is 495 g/mol. The fourth-order valence-electron chi connectivity index (χ4n) is 3.50. The minimum absolute atomic E-state index is 0.0647. The first kappa shape index (κ1) is 24.4. The zero-order chi connectivity index (χ0) is 24.6. The summed E-state index contributed by atoms with van der Waals surface area (Å²) in [5.41, 5.74) is 1.47. The molecule has 182 valence electrons. The Hall–Kier alpha value is -3.72. The minimum atomic E-state index is -0.0647. The summed E-state index contributed by atoms with van der Waals surface area (Å²) in [4.78, 5) is 19.0. The Morgan fingerprint density at radius 3 is 2.60 bits per heavy atom. The second-order valence-electron chi connectivity index (χ2n) is 7.77. The van der Waals surface area contributed by atoms with Crippen molar-refractivity contribution >= 4 is 17.5 Å². The lowest BCUT2D eigenvalue weighted by atomic mass is 10.2. The Labute approximate surface area is 208 Å². The number of ether oxygens (including phenoxy) is 1. The van der Waals surface area contributed by atoms with Gasteiger partial charge in [-0.05, 0) is 49.7 Å². The van der Waals surface area contributed by atoms with Crippen LogP contribution < -0.4 is 4.74 Å². The highest BCUT2D eigenvalue weighted by atomic mass is 35.5. The molecule has 0 fully saturated rings. The molecule has 1 amide bonds. The molecule has 0 saturated heterocycles. The van der Waals surface area contributed by atoms with Crippen molar-refractivity contribution in [2.75, 3.05) is 13.2 Å². The van der Waals surface area contributed by atoms with E-state index >= 15 is 0 Å². The fraction of sp³-hybridized carbons (Fsp3) is 0.320. The molecule has 0 aliphatic heterocycles. The Kier molecular flexibility index (Phi) is 8.10. The highest BCUT2D eigenvalue weighted by Crippen LogP contribution is 2.26. The van der Waals surface area contributed by atoms with Crippen molar-refractivity contribution in [2.45, 2.75) is 39.7 Å². The number of carbonyl (C=O) groups excluding carboxylic acids is 1. The average molecular weight is 496 g/mol. The lowest BCUT2D eigenvalue weighted by Crippen LogP contribution is -2.31. The maximum Gasteiger partial charge on any atom is 0.249 e. The highest BCUT2D eigenvalue weighted by molar-refractivity contribution is 6.33. The van der Waals surface area contributed by atoms with Crippen LogP contribution in [0.15, 0.2) is 57.5 Å². The van der Waals surface area contributed by atoms with Crippen LogP contribution in [0.25, 0.3) is 22.8 Å². The van der Waals surface area contributed by atoms with Gasteiger partial charge in [0, 0.05) is 24.9 Å². The van der Waals surface area contributed by atoms with Crippen molar-refractivity contribution in [3.8, 4) is 28.6 Å². The zero-order valence-electron chi connectivity index (χ0n) is 19.6. The topological polar surface area (TPSA) is 107 Å². The summed E-state index contributed by atoms with van der Waals surface area (Å²) in [6, 6.07) is 14.7. The zero-order valence-corrected chi connectivity index (χ0v) is 20.4. The SMILES string of the molecule is CCCN(Cc1nnc(-c2ccccc2Cl)o1)C(=O)CCc1nc(-c2ccc(OCC)cc2)no1. The van der Waals surface area contributed by atoms with Crippen molar-refractivity contribution in [1.29, 1.82) is 0 Å². The van der Waals surface area contributed by atoms with Crippen molar-refractivity contribution in [3.05, 3.63) is 65.3 Å². The molecule has 2 heterocycles. The number of benzene rings is 2. The number of halogens is 1. The van der Waals surface area contributed by atoms with E-state index in [0.717, 1.165) is 17.7 Å². The molecule has 0 radical (unpaired) electrons. The third-order valence-corrected chi connectivity index (χ3v) is 5.52. The molecule has 0 spiro atoms. The van der Waals surface area contributed by atoms with E-state index in [-0.39, 0.29) is 18.9 Å². The molecule has 2 aromatic carbocycles. The summed E-state index contributed by atoms with van der Waals surface area (Å²) in [6.07, 6.45) is 1.34. The molecule has 2 aromatic heterocycles. The number of aryl methyl sites for hydroxylation is 1. The normalized spacial score (nSPS) is 10.9. The van der Waals surface area contributed by atoms with Gasteiger partial charge in [-0.1, -0.05) is 35.8 Å². The van der Waals surface area contributed by atoms with Gasteiger partial charge in [-0.2, -0.15) is 4.98 Å². The van der Waals surface area contributed by atoms with Gasteiger partial charge >= 0.3 is 0 Å². The molecule has 0 aliphatic carbocycles. The van der Waals surface area contributed by atoms with Gasteiger partial charge in [0.2, 0.25) is 29.4 Å². The molecule has 9 nitrogen and oxygen atoms in total. The maximum absolute atomic E-state index is 12.9. The van der Waals surface area contributed by atoms with Crippen LogP contribution in [0.2, 0.25) is 5.02 Å². The van der Waals surface area contributed by atoms with E-state index < -0.39 is 0 Å². The first-order chi connectivity index (χ1) is 17.1. The molecule has 0 atom stereocenters. The van der Waals surface area contributed by atoms with Crippen LogP contribution in [0, 0.1) is 0 Å². The summed E-state index contributed by atoms with van der Waals surface area (Å²) in [5, 5.41) is 12.7.